The van der Waals surface area contributed by atoms with E-state index in [0.717, 1.165) is 6.42 Å². The predicted molar refractivity (Wildman–Crippen MR) is 115 cm³/mol. The fourth-order valence-electron chi connectivity index (χ4n) is 2.81. The van der Waals surface area contributed by atoms with Gasteiger partial charge in [0.25, 0.3) is 11.8 Å². The van der Waals surface area contributed by atoms with Crippen molar-refractivity contribution in [2.45, 2.75) is 26.4 Å². The Kier molecular flexibility index (Phi) is 6.63. The minimum atomic E-state index is -0.715. The van der Waals surface area contributed by atoms with Gasteiger partial charge in [-0.25, -0.2) is 0 Å². The number of aryl methyl sites for hydroxylation is 1. The van der Waals surface area contributed by atoms with Gasteiger partial charge in [0.05, 0.1) is 11.3 Å². The summed E-state index contributed by atoms with van der Waals surface area (Å²) in [5, 5.41) is 5.63. The highest BCUT2D eigenvalue weighted by molar-refractivity contribution is 6.10. The van der Waals surface area contributed by atoms with Gasteiger partial charge in [-0.05, 0) is 55.3 Å². The quantitative estimate of drug-likeness (QED) is 0.604. The summed E-state index contributed by atoms with van der Waals surface area (Å²) >= 11 is 0. The summed E-state index contributed by atoms with van der Waals surface area (Å²) in [4.78, 5) is 25.2. The van der Waals surface area contributed by atoms with Crippen LogP contribution < -0.4 is 15.4 Å². The summed E-state index contributed by atoms with van der Waals surface area (Å²) < 4.78 is 5.73. The summed E-state index contributed by atoms with van der Waals surface area (Å²) in [6.45, 7) is 3.76. The number of ether oxygens (including phenoxy) is 1. The summed E-state index contributed by atoms with van der Waals surface area (Å²) in [5.74, 6) is 0.000288. The number of hydrogen-bond acceptors (Lipinski definition) is 3. The van der Waals surface area contributed by atoms with E-state index in [0.29, 0.717) is 22.7 Å². The molecule has 0 aliphatic heterocycles. The Bertz CT molecular complexity index is 969. The number of benzene rings is 3. The van der Waals surface area contributed by atoms with Crippen LogP contribution in [0, 0.1) is 0 Å². The van der Waals surface area contributed by atoms with Crippen LogP contribution in [0.4, 0.5) is 11.4 Å². The Morgan fingerprint density at radius 1 is 0.862 bits per heavy atom. The van der Waals surface area contributed by atoms with Crippen LogP contribution in [-0.4, -0.2) is 17.9 Å². The lowest BCUT2D eigenvalue weighted by Gasteiger charge is -2.16. The molecule has 5 nitrogen and oxygen atoms in total. The number of hydrogen-bond donors (Lipinski definition) is 2. The molecule has 5 heteroatoms. The molecule has 0 saturated heterocycles. The topological polar surface area (TPSA) is 67.4 Å². The molecule has 3 aromatic carbocycles. The first kappa shape index (κ1) is 20.1. The first-order chi connectivity index (χ1) is 14.1. The first-order valence-corrected chi connectivity index (χ1v) is 9.58. The van der Waals surface area contributed by atoms with E-state index in [1.807, 2.05) is 42.5 Å². The lowest BCUT2D eigenvalue weighted by molar-refractivity contribution is -0.122. The van der Waals surface area contributed by atoms with Crippen LogP contribution in [0.2, 0.25) is 0 Å². The molecule has 29 heavy (non-hydrogen) atoms. The third-order valence-electron chi connectivity index (χ3n) is 4.47. The zero-order valence-corrected chi connectivity index (χ0v) is 16.5. The van der Waals surface area contributed by atoms with Gasteiger partial charge in [-0.2, -0.15) is 0 Å². The Labute approximate surface area is 170 Å². The molecule has 148 valence electrons. The van der Waals surface area contributed by atoms with E-state index in [2.05, 4.69) is 17.6 Å². The molecule has 0 spiro atoms. The van der Waals surface area contributed by atoms with Crippen molar-refractivity contribution in [3.05, 3.63) is 90.0 Å². The number of para-hydroxylation sites is 2. The van der Waals surface area contributed by atoms with E-state index in [4.69, 9.17) is 4.74 Å². The number of carbonyl (C=O) groups excluding carboxylic acids is 2. The monoisotopic (exact) mass is 388 g/mol. The summed E-state index contributed by atoms with van der Waals surface area (Å²) in [6, 6.07) is 23.7. The summed E-state index contributed by atoms with van der Waals surface area (Å²) in [7, 11) is 0. The molecule has 3 aromatic rings. The van der Waals surface area contributed by atoms with Gasteiger partial charge in [-0.1, -0.05) is 49.4 Å². The zero-order valence-electron chi connectivity index (χ0n) is 16.5. The van der Waals surface area contributed by atoms with Gasteiger partial charge in [0.15, 0.2) is 6.10 Å². The van der Waals surface area contributed by atoms with Gasteiger partial charge in [0.2, 0.25) is 0 Å². The van der Waals surface area contributed by atoms with Crippen molar-refractivity contribution in [3.8, 4) is 5.75 Å². The maximum Gasteiger partial charge on any atom is 0.265 e. The van der Waals surface area contributed by atoms with Crippen molar-refractivity contribution in [1.29, 1.82) is 0 Å². The molecule has 0 fully saturated rings. The minimum absolute atomic E-state index is 0.296. The average molecular weight is 388 g/mol. The average Bonchev–Trinajstić information content (AvgIpc) is 2.75. The fraction of sp³-hybridized carbons (Fsp3) is 0.167. The molecule has 0 bridgehead atoms. The van der Waals surface area contributed by atoms with Gasteiger partial charge in [-0.15, -0.1) is 0 Å². The molecule has 0 aromatic heterocycles. The fourth-order valence-corrected chi connectivity index (χ4v) is 2.81. The van der Waals surface area contributed by atoms with Gasteiger partial charge in [0, 0.05) is 5.69 Å². The van der Waals surface area contributed by atoms with Crippen LogP contribution in [-0.2, 0) is 11.2 Å². The number of anilines is 2. The van der Waals surface area contributed by atoms with Crippen molar-refractivity contribution in [1.82, 2.24) is 0 Å². The molecule has 1 atom stereocenters. The predicted octanol–water partition coefficient (Wildman–Crippen LogP) is 4.91. The molecule has 0 radical (unpaired) electrons. The Morgan fingerprint density at radius 3 is 2.21 bits per heavy atom. The molecule has 2 N–H and O–H groups in total. The van der Waals surface area contributed by atoms with Crippen LogP contribution >= 0.6 is 0 Å². The molecule has 0 aliphatic rings. The molecular weight excluding hydrogens is 364 g/mol. The molecular formula is C24H24N2O3. The van der Waals surface area contributed by atoms with Crippen LogP contribution in [0.25, 0.3) is 0 Å². The zero-order chi connectivity index (χ0) is 20.6. The number of rotatable bonds is 7. The lowest BCUT2D eigenvalue weighted by atomic mass is 10.1. The number of carbonyl (C=O) groups is 2. The second-order valence-electron chi connectivity index (χ2n) is 6.61. The molecule has 0 saturated carbocycles. The molecule has 0 aliphatic carbocycles. The third-order valence-corrected chi connectivity index (χ3v) is 4.47. The van der Waals surface area contributed by atoms with E-state index >= 15 is 0 Å². The van der Waals surface area contributed by atoms with Crippen LogP contribution in [0.3, 0.4) is 0 Å². The number of nitrogens with one attached hydrogen (secondary N) is 2. The molecule has 0 unspecified atom stereocenters. The van der Waals surface area contributed by atoms with Gasteiger partial charge in [0.1, 0.15) is 5.75 Å². The van der Waals surface area contributed by atoms with Crippen molar-refractivity contribution < 1.29 is 14.3 Å². The SMILES string of the molecule is CCc1ccc(O[C@@H](C)C(=O)Nc2ccccc2C(=O)Nc2ccccc2)cc1. The van der Waals surface area contributed by atoms with Crippen LogP contribution in [0.1, 0.15) is 29.8 Å². The Balaban J connectivity index is 1.67. The highest BCUT2D eigenvalue weighted by Gasteiger charge is 2.18. The first-order valence-electron chi connectivity index (χ1n) is 9.58. The van der Waals surface area contributed by atoms with E-state index in [9.17, 15) is 9.59 Å². The van der Waals surface area contributed by atoms with E-state index in [-0.39, 0.29) is 11.8 Å². The van der Waals surface area contributed by atoms with E-state index < -0.39 is 6.10 Å². The highest BCUT2D eigenvalue weighted by atomic mass is 16.5. The normalized spacial score (nSPS) is 11.4. The van der Waals surface area contributed by atoms with Gasteiger partial charge < -0.3 is 15.4 Å². The van der Waals surface area contributed by atoms with Crippen LogP contribution in [0.15, 0.2) is 78.9 Å². The van der Waals surface area contributed by atoms with Gasteiger partial charge in [-0.3, -0.25) is 9.59 Å². The Morgan fingerprint density at radius 2 is 1.52 bits per heavy atom. The van der Waals surface area contributed by atoms with E-state index in [1.54, 1.807) is 43.3 Å². The minimum Gasteiger partial charge on any atom is -0.481 e. The second-order valence-corrected chi connectivity index (χ2v) is 6.61. The molecule has 0 heterocycles. The summed E-state index contributed by atoms with van der Waals surface area (Å²) in [5.41, 5.74) is 2.70. The van der Waals surface area contributed by atoms with E-state index in [1.165, 1.54) is 5.56 Å². The maximum atomic E-state index is 12.6. The number of amides is 2. The largest absolute Gasteiger partial charge is 0.481 e. The van der Waals surface area contributed by atoms with Crippen molar-refractivity contribution >= 4 is 23.2 Å². The third kappa shape index (κ3) is 5.45. The van der Waals surface area contributed by atoms with Crippen LogP contribution in [0.5, 0.6) is 5.75 Å². The maximum absolute atomic E-state index is 12.6. The van der Waals surface area contributed by atoms with Crippen molar-refractivity contribution in [3.63, 3.8) is 0 Å². The van der Waals surface area contributed by atoms with Gasteiger partial charge >= 0.3 is 0 Å². The van der Waals surface area contributed by atoms with Crippen molar-refractivity contribution in [2.75, 3.05) is 10.6 Å². The van der Waals surface area contributed by atoms with Crippen molar-refractivity contribution in [2.24, 2.45) is 0 Å². The standard InChI is InChI=1S/C24H24N2O3/c1-3-18-13-15-20(16-14-18)29-17(2)23(27)26-22-12-8-7-11-21(22)24(28)25-19-9-5-4-6-10-19/h4-17H,3H2,1-2H3,(H,25,28)(H,26,27)/t17-/m0/s1. The molecule has 3 rings (SSSR count). The smallest absolute Gasteiger partial charge is 0.265 e. The highest BCUT2D eigenvalue weighted by Crippen LogP contribution is 2.19. The lowest BCUT2D eigenvalue weighted by Crippen LogP contribution is -2.31. The Hall–Kier alpha value is -3.60. The second kappa shape index (κ2) is 9.55. The molecule has 2 amide bonds. The summed E-state index contributed by atoms with van der Waals surface area (Å²) in [6.07, 6.45) is 0.228.